The van der Waals surface area contributed by atoms with Crippen LogP contribution in [0.4, 0.5) is 0 Å². The number of hydrogen-bond acceptors (Lipinski definition) is 5. The van der Waals surface area contributed by atoms with Crippen molar-refractivity contribution in [2.75, 3.05) is 32.8 Å². The molecule has 0 N–H and O–H groups in total. The van der Waals surface area contributed by atoms with Gasteiger partial charge in [0.1, 0.15) is 17.3 Å². The molecule has 1 aliphatic heterocycles. The summed E-state index contributed by atoms with van der Waals surface area (Å²) < 4.78 is 38.7. The van der Waals surface area contributed by atoms with E-state index in [1.165, 1.54) is 4.31 Å². The number of halogens is 1. The molecule has 0 saturated carbocycles. The normalized spacial score (nSPS) is 15.6. The zero-order valence-electron chi connectivity index (χ0n) is 16.1. The van der Waals surface area contributed by atoms with E-state index in [1.54, 1.807) is 43.0 Å². The fraction of sp³-hybridized carbons (Fsp3) is 0.421. The first-order chi connectivity index (χ1) is 13.3. The first kappa shape index (κ1) is 20.9. The molecule has 1 fully saturated rings. The molecule has 0 atom stereocenters. The van der Waals surface area contributed by atoms with Gasteiger partial charge in [-0.15, -0.1) is 0 Å². The van der Waals surface area contributed by atoms with Crippen molar-refractivity contribution >= 4 is 31.9 Å². The lowest BCUT2D eigenvalue weighted by Gasteiger charge is -2.34. The van der Waals surface area contributed by atoms with E-state index in [4.69, 9.17) is 9.15 Å². The van der Waals surface area contributed by atoms with Crippen LogP contribution in [-0.4, -0.2) is 56.3 Å². The number of amides is 1. The number of carbonyl (C=O) groups excluding carboxylic acids is 1. The number of rotatable bonds is 5. The van der Waals surface area contributed by atoms with Crippen molar-refractivity contribution in [1.82, 2.24) is 9.21 Å². The molecule has 2 heterocycles. The van der Waals surface area contributed by atoms with Crippen molar-refractivity contribution in [1.29, 1.82) is 0 Å². The molecule has 0 radical (unpaired) electrons. The van der Waals surface area contributed by atoms with Crippen LogP contribution in [0.25, 0.3) is 0 Å². The molecule has 1 saturated heterocycles. The summed E-state index contributed by atoms with van der Waals surface area (Å²) in [6.45, 7) is 7.07. The Morgan fingerprint density at radius 3 is 2.21 bits per heavy atom. The predicted molar refractivity (Wildman–Crippen MR) is 108 cm³/mol. The number of aryl methyl sites for hydroxylation is 2. The van der Waals surface area contributed by atoms with Crippen LogP contribution in [0.3, 0.4) is 0 Å². The third-order valence-corrected chi connectivity index (χ3v) is 7.57. The highest BCUT2D eigenvalue weighted by atomic mass is 79.9. The van der Waals surface area contributed by atoms with Gasteiger partial charge < -0.3 is 14.1 Å². The van der Waals surface area contributed by atoms with Gasteiger partial charge in [-0.3, -0.25) is 4.79 Å². The molecule has 2 aromatic rings. The zero-order chi connectivity index (χ0) is 20.5. The summed E-state index contributed by atoms with van der Waals surface area (Å²) in [5.41, 5.74) is 0.500. The largest absolute Gasteiger partial charge is 0.494 e. The second-order valence-corrected chi connectivity index (χ2v) is 9.24. The number of ether oxygens (including phenoxy) is 1. The maximum atomic E-state index is 12.9. The van der Waals surface area contributed by atoms with Gasteiger partial charge in [-0.1, -0.05) is 0 Å². The third-order valence-electron chi connectivity index (χ3n) is 4.70. The molecule has 0 unspecified atom stereocenters. The summed E-state index contributed by atoms with van der Waals surface area (Å²) in [4.78, 5) is 14.7. The van der Waals surface area contributed by atoms with E-state index in [-0.39, 0.29) is 23.9 Å². The summed E-state index contributed by atoms with van der Waals surface area (Å²) in [7, 11) is -3.61. The van der Waals surface area contributed by atoms with Crippen molar-refractivity contribution < 1.29 is 22.4 Å². The highest BCUT2D eigenvalue weighted by molar-refractivity contribution is 9.10. The minimum Gasteiger partial charge on any atom is -0.494 e. The average molecular weight is 471 g/mol. The van der Waals surface area contributed by atoms with Crippen molar-refractivity contribution in [2.45, 2.75) is 25.7 Å². The fourth-order valence-corrected chi connectivity index (χ4v) is 5.17. The number of piperazine rings is 1. The molecule has 7 nitrogen and oxygen atoms in total. The smallest absolute Gasteiger partial charge is 0.258 e. The Morgan fingerprint density at radius 1 is 1.11 bits per heavy atom. The molecule has 9 heteroatoms. The Labute approximate surface area is 173 Å². The SMILES string of the molecule is CCOc1ccc(S(=O)(=O)N2CCN(C(=O)c3c(C)oc(C)c3Br)CC2)cc1. The van der Waals surface area contributed by atoms with Crippen molar-refractivity contribution in [3.8, 4) is 5.75 Å². The van der Waals surface area contributed by atoms with Gasteiger partial charge in [-0.2, -0.15) is 4.31 Å². The number of nitrogens with zero attached hydrogens (tertiary/aromatic N) is 2. The monoisotopic (exact) mass is 470 g/mol. The van der Waals surface area contributed by atoms with Gasteiger partial charge in [0, 0.05) is 26.2 Å². The van der Waals surface area contributed by atoms with E-state index in [1.807, 2.05) is 6.92 Å². The predicted octanol–water partition coefficient (Wildman–Crippen LogP) is 3.20. The van der Waals surface area contributed by atoms with Crippen LogP contribution in [0.1, 0.15) is 28.8 Å². The highest BCUT2D eigenvalue weighted by Gasteiger charge is 2.32. The molecule has 1 aromatic heterocycles. The minimum absolute atomic E-state index is 0.153. The Balaban J connectivity index is 1.69. The Bertz CT molecular complexity index is 961. The zero-order valence-corrected chi connectivity index (χ0v) is 18.5. The number of sulfonamides is 1. The van der Waals surface area contributed by atoms with E-state index < -0.39 is 10.0 Å². The van der Waals surface area contributed by atoms with Crippen molar-refractivity contribution in [3.05, 3.63) is 45.8 Å². The van der Waals surface area contributed by atoms with Gasteiger partial charge >= 0.3 is 0 Å². The van der Waals surface area contributed by atoms with Crippen LogP contribution >= 0.6 is 15.9 Å². The number of hydrogen-bond donors (Lipinski definition) is 0. The Kier molecular flexibility index (Phi) is 6.16. The molecule has 1 aromatic carbocycles. The third kappa shape index (κ3) is 3.97. The number of benzene rings is 1. The minimum atomic E-state index is -3.61. The van der Waals surface area contributed by atoms with Crippen LogP contribution in [-0.2, 0) is 10.0 Å². The van der Waals surface area contributed by atoms with Crippen molar-refractivity contribution in [3.63, 3.8) is 0 Å². The molecule has 1 aliphatic rings. The summed E-state index contributed by atoms with van der Waals surface area (Å²) >= 11 is 3.40. The van der Waals surface area contributed by atoms with E-state index in [2.05, 4.69) is 15.9 Å². The molecule has 0 bridgehead atoms. The van der Waals surface area contributed by atoms with Gasteiger partial charge in [0.25, 0.3) is 5.91 Å². The second-order valence-electron chi connectivity index (χ2n) is 6.50. The van der Waals surface area contributed by atoms with Gasteiger partial charge in [-0.25, -0.2) is 8.42 Å². The molecule has 152 valence electrons. The molecule has 28 heavy (non-hydrogen) atoms. The van der Waals surface area contributed by atoms with Crippen LogP contribution in [0.2, 0.25) is 0 Å². The summed E-state index contributed by atoms with van der Waals surface area (Å²) in [6.07, 6.45) is 0. The lowest BCUT2D eigenvalue weighted by atomic mass is 10.2. The maximum Gasteiger partial charge on any atom is 0.258 e. The molecule has 0 aliphatic carbocycles. The van der Waals surface area contributed by atoms with Crippen molar-refractivity contribution in [2.24, 2.45) is 0 Å². The van der Waals surface area contributed by atoms with E-state index in [9.17, 15) is 13.2 Å². The molecular weight excluding hydrogens is 448 g/mol. The lowest BCUT2D eigenvalue weighted by molar-refractivity contribution is 0.0695. The quantitative estimate of drug-likeness (QED) is 0.669. The number of carbonyl (C=O) groups is 1. The van der Waals surface area contributed by atoms with E-state index in [0.717, 1.165) is 0 Å². The lowest BCUT2D eigenvalue weighted by Crippen LogP contribution is -2.50. The van der Waals surface area contributed by atoms with Crippen LogP contribution < -0.4 is 4.74 Å². The summed E-state index contributed by atoms with van der Waals surface area (Å²) in [6, 6.07) is 6.40. The van der Waals surface area contributed by atoms with Gasteiger partial charge in [0.15, 0.2) is 0 Å². The average Bonchev–Trinajstić information content (AvgIpc) is 2.94. The molecular formula is C19H23BrN2O5S. The topological polar surface area (TPSA) is 80.1 Å². The van der Waals surface area contributed by atoms with E-state index >= 15 is 0 Å². The maximum absolute atomic E-state index is 12.9. The van der Waals surface area contributed by atoms with E-state index in [0.29, 0.717) is 47.0 Å². The van der Waals surface area contributed by atoms with Gasteiger partial charge in [0.2, 0.25) is 10.0 Å². The van der Waals surface area contributed by atoms with Gasteiger partial charge in [0.05, 0.1) is 21.5 Å². The number of furan rings is 1. The summed E-state index contributed by atoms with van der Waals surface area (Å²) in [5.74, 6) is 1.68. The summed E-state index contributed by atoms with van der Waals surface area (Å²) in [5, 5.41) is 0. The first-order valence-corrected chi connectivity index (χ1v) is 11.3. The Morgan fingerprint density at radius 2 is 1.71 bits per heavy atom. The van der Waals surface area contributed by atoms with Crippen LogP contribution in [0, 0.1) is 13.8 Å². The first-order valence-electron chi connectivity index (χ1n) is 9.03. The Hall–Kier alpha value is -1.84. The highest BCUT2D eigenvalue weighted by Crippen LogP contribution is 2.29. The van der Waals surface area contributed by atoms with Crippen LogP contribution in [0.15, 0.2) is 38.1 Å². The standard InChI is InChI=1S/C19H23BrN2O5S/c1-4-26-15-5-7-16(8-6-15)28(24,25)22-11-9-21(10-12-22)19(23)17-13(2)27-14(3)18(17)20/h5-8H,4,9-12H2,1-3H3. The molecule has 1 amide bonds. The second kappa shape index (κ2) is 8.26. The fourth-order valence-electron chi connectivity index (χ4n) is 3.21. The van der Waals surface area contributed by atoms with Gasteiger partial charge in [-0.05, 0) is 61.0 Å². The molecule has 0 spiro atoms. The van der Waals surface area contributed by atoms with Crippen LogP contribution in [0.5, 0.6) is 5.75 Å². The molecule has 3 rings (SSSR count).